The highest BCUT2D eigenvalue weighted by Crippen LogP contribution is 2.07. The van der Waals surface area contributed by atoms with Crippen molar-refractivity contribution in [3.8, 4) is 0 Å². The van der Waals surface area contributed by atoms with Crippen molar-refractivity contribution in [3.63, 3.8) is 0 Å². The molecule has 2 heteroatoms. The second-order valence-corrected chi connectivity index (χ2v) is 2.84. The number of aryl methyl sites for hydroxylation is 2. The van der Waals surface area contributed by atoms with Gasteiger partial charge in [-0.25, -0.2) is 0 Å². The average molecular weight is 187 g/mol. The summed E-state index contributed by atoms with van der Waals surface area (Å²) in [5.41, 5.74) is 1.26. The zero-order valence-electron chi connectivity index (χ0n) is 5.56. The van der Waals surface area contributed by atoms with E-state index in [4.69, 9.17) is 0 Å². The van der Waals surface area contributed by atoms with E-state index in [-0.39, 0.29) is 0 Å². The molecule has 0 aromatic carbocycles. The van der Waals surface area contributed by atoms with Crippen molar-refractivity contribution in [1.29, 1.82) is 0 Å². The lowest BCUT2D eigenvalue weighted by atomic mass is 10.3. The summed E-state index contributed by atoms with van der Waals surface area (Å²) in [5.74, 6) is 0. The van der Waals surface area contributed by atoms with Gasteiger partial charge in [-0.1, -0.05) is 0 Å². The molecule has 0 unspecified atom stereocenters. The summed E-state index contributed by atoms with van der Waals surface area (Å²) in [6, 6.07) is 4.10. The van der Waals surface area contributed by atoms with Crippen LogP contribution in [0, 0.1) is 6.92 Å². The van der Waals surface area contributed by atoms with Gasteiger partial charge in [-0.15, -0.1) is 0 Å². The van der Waals surface area contributed by atoms with E-state index < -0.39 is 0 Å². The van der Waals surface area contributed by atoms with Crippen molar-refractivity contribution in [3.05, 3.63) is 28.5 Å². The topological polar surface area (TPSA) is 3.88 Å². The van der Waals surface area contributed by atoms with Gasteiger partial charge in [0.05, 0.1) is 0 Å². The molecular formula is C7H9BrN+. The first-order valence-corrected chi connectivity index (χ1v) is 3.62. The maximum Gasteiger partial charge on any atom is 0.250 e. The Labute approximate surface area is 63.5 Å². The quantitative estimate of drug-likeness (QED) is 0.428. The fourth-order valence-electron chi connectivity index (χ4n) is 0.729. The van der Waals surface area contributed by atoms with Gasteiger partial charge in [0.2, 0.25) is 0 Å². The number of pyridine rings is 1. The minimum absolute atomic E-state index is 1.14. The Hall–Kier alpha value is -0.370. The molecule has 0 radical (unpaired) electrons. The third-order valence-electron chi connectivity index (χ3n) is 1.29. The van der Waals surface area contributed by atoms with Crippen molar-refractivity contribution < 1.29 is 4.57 Å². The van der Waals surface area contributed by atoms with Crippen LogP contribution in [0.5, 0.6) is 0 Å². The summed E-state index contributed by atoms with van der Waals surface area (Å²) in [6.07, 6.45) is 2.01. The van der Waals surface area contributed by atoms with Crippen molar-refractivity contribution >= 4 is 15.9 Å². The van der Waals surface area contributed by atoms with E-state index in [1.165, 1.54) is 5.56 Å². The Morgan fingerprint density at radius 3 is 2.67 bits per heavy atom. The van der Waals surface area contributed by atoms with Gasteiger partial charge < -0.3 is 0 Å². The summed E-state index contributed by atoms with van der Waals surface area (Å²) < 4.78 is 3.18. The Bertz CT molecular complexity index is 200. The molecule has 0 aliphatic carbocycles. The van der Waals surface area contributed by atoms with Gasteiger partial charge in [0.15, 0.2) is 6.20 Å². The summed E-state index contributed by atoms with van der Waals surface area (Å²) in [5, 5.41) is 0. The van der Waals surface area contributed by atoms with Crippen LogP contribution in [-0.2, 0) is 7.05 Å². The van der Waals surface area contributed by atoms with Crippen LogP contribution < -0.4 is 4.57 Å². The summed E-state index contributed by atoms with van der Waals surface area (Å²) >= 11 is 3.44. The van der Waals surface area contributed by atoms with E-state index >= 15 is 0 Å². The molecule has 1 aromatic rings. The largest absolute Gasteiger partial charge is 0.250 e. The molecule has 0 fully saturated rings. The van der Waals surface area contributed by atoms with Gasteiger partial charge in [-0.3, -0.25) is 0 Å². The zero-order valence-corrected chi connectivity index (χ0v) is 7.14. The minimum atomic E-state index is 1.14. The Morgan fingerprint density at radius 1 is 1.56 bits per heavy atom. The van der Waals surface area contributed by atoms with Crippen molar-refractivity contribution in [2.45, 2.75) is 6.92 Å². The van der Waals surface area contributed by atoms with Crippen LogP contribution in [0.3, 0.4) is 0 Å². The van der Waals surface area contributed by atoms with Gasteiger partial charge in [-0.2, -0.15) is 4.57 Å². The van der Waals surface area contributed by atoms with Crippen LogP contribution in [0.4, 0.5) is 0 Å². The summed E-state index contributed by atoms with van der Waals surface area (Å²) in [7, 11) is 2.01. The van der Waals surface area contributed by atoms with E-state index in [0.717, 1.165) is 4.60 Å². The monoisotopic (exact) mass is 186 g/mol. The van der Waals surface area contributed by atoms with Gasteiger partial charge in [-0.05, 0) is 13.0 Å². The predicted molar refractivity (Wildman–Crippen MR) is 40.1 cm³/mol. The van der Waals surface area contributed by atoms with Crippen LogP contribution >= 0.6 is 15.9 Å². The first kappa shape index (κ1) is 6.75. The van der Waals surface area contributed by atoms with E-state index in [2.05, 4.69) is 28.9 Å². The maximum atomic E-state index is 3.44. The number of nitrogens with zero attached hydrogens (tertiary/aromatic N) is 1. The minimum Gasteiger partial charge on any atom is -0.195 e. The average Bonchev–Trinajstić information content (AvgIpc) is 1.83. The number of aromatic nitrogens is 1. The van der Waals surface area contributed by atoms with Gasteiger partial charge >= 0.3 is 0 Å². The highest BCUT2D eigenvalue weighted by molar-refractivity contribution is 9.10. The fourth-order valence-corrected chi connectivity index (χ4v) is 0.979. The molecule has 1 nitrogen and oxygen atoms in total. The first-order chi connectivity index (χ1) is 4.22. The summed E-state index contributed by atoms with van der Waals surface area (Å²) in [6.45, 7) is 2.07. The predicted octanol–water partition coefficient (Wildman–Crippen LogP) is 1.58. The van der Waals surface area contributed by atoms with Crippen LogP contribution in [0.25, 0.3) is 0 Å². The maximum absolute atomic E-state index is 3.44. The molecule has 0 aliphatic heterocycles. The molecule has 0 amide bonds. The molecule has 1 heterocycles. The van der Waals surface area contributed by atoms with Gasteiger partial charge in [0.1, 0.15) is 7.05 Å². The van der Waals surface area contributed by atoms with Crippen LogP contribution in [0.15, 0.2) is 22.9 Å². The fraction of sp³-hybridized carbons (Fsp3) is 0.286. The third-order valence-corrected chi connectivity index (χ3v) is 2.48. The SMILES string of the molecule is Cc1ccc[n+](C)c1Br. The number of halogens is 1. The molecular weight excluding hydrogens is 178 g/mol. The zero-order chi connectivity index (χ0) is 6.85. The van der Waals surface area contributed by atoms with E-state index in [1.807, 2.05) is 23.9 Å². The van der Waals surface area contributed by atoms with E-state index in [9.17, 15) is 0 Å². The molecule has 0 saturated heterocycles. The highest BCUT2D eigenvalue weighted by Gasteiger charge is 2.02. The van der Waals surface area contributed by atoms with E-state index in [0.29, 0.717) is 0 Å². The van der Waals surface area contributed by atoms with E-state index in [1.54, 1.807) is 0 Å². The first-order valence-electron chi connectivity index (χ1n) is 2.82. The second-order valence-electron chi connectivity index (χ2n) is 2.09. The molecule has 0 saturated carbocycles. The third kappa shape index (κ3) is 1.30. The van der Waals surface area contributed by atoms with Crippen LogP contribution in [-0.4, -0.2) is 0 Å². The molecule has 0 spiro atoms. The van der Waals surface area contributed by atoms with Crippen molar-refractivity contribution in [2.24, 2.45) is 7.05 Å². The number of hydrogen-bond donors (Lipinski definition) is 0. The Kier molecular flexibility index (Phi) is 1.86. The van der Waals surface area contributed by atoms with Gasteiger partial charge in [0, 0.05) is 27.6 Å². The molecule has 9 heavy (non-hydrogen) atoms. The number of rotatable bonds is 0. The molecule has 0 atom stereocenters. The highest BCUT2D eigenvalue weighted by atomic mass is 79.9. The Morgan fingerprint density at radius 2 is 2.22 bits per heavy atom. The van der Waals surface area contributed by atoms with Crippen molar-refractivity contribution in [2.75, 3.05) is 0 Å². The molecule has 0 N–H and O–H groups in total. The molecule has 1 aromatic heterocycles. The lowest BCUT2D eigenvalue weighted by Gasteiger charge is -1.92. The standard InChI is InChI=1S/C7H9BrN/c1-6-4-3-5-9(2)7(6)8/h3-5H,1-2H3/q+1. The molecule has 1 rings (SSSR count). The second kappa shape index (κ2) is 2.48. The number of hydrogen-bond acceptors (Lipinski definition) is 0. The molecule has 0 aliphatic rings. The lowest BCUT2D eigenvalue weighted by Crippen LogP contribution is -2.29. The van der Waals surface area contributed by atoms with Crippen LogP contribution in [0.2, 0.25) is 0 Å². The van der Waals surface area contributed by atoms with Crippen molar-refractivity contribution in [1.82, 2.24) is 0 Å². The summed E-state index contributed by atoms with van der Waals surface area (Å²) in [4.78, 5) is 0. The van der Waals surface area contributed by atoms with Crippen LogP contribution in [0.1, 0.15) is 5.56 Å². The molecule has 48 valence electrons. The lowest BCUT2D eigenvalue weighted by molar-refractivity contribution is -0.682. The van der Waals surface area contributed by atoms with Gasteiger partial charge in [0.25, 0.3) is 4.60 Å². The molecule has 0 bridgehead atoms. The smallest absolute Gasteiger partial charge is 0.195 e. The Balaban J connectivity index is 3.25. The normalized spacial score (nSPS) is 9.67.